The van der Waals surface area contributed by atoms with Gasteiger partial charge in [0.15, 0.2) is 5.96 Å². The SMILES string of the molecule is Cc1ccc(NC(N)=NCCN(C(C)C)C2CC2)cc1C. The summed E-state index contributed by atoms with van der Waals surface area (Å²) in [5.74, 6) is 0.498. The molecule has 1 aliphatic carbocycles. The highest BCUT2D eigenvalue weighted by atomic mass is 15.2. The predicted octanol–water partition coefficient (Wildman–Crippen LogP) is 2.90. The number of hydrogen-bond donors (Lipinski definition) is 2. The van der Waals surface area contributed by atoms with E-state index >= 15 is 0 Å². The summed E-state index contributed by atoms with van der Waals surface area (Å²) in [4.78, 5) is 6.97. The molecular formula is C17H28N4. The molecule has 21 heavy (non-hydrogen) atoms. The first-order valence-electron chi connectivity index (χ1n) is 7.87. The van der Waals surface area contributed by atoms with E-state index in [1.165, 1.54) is 24.0 Å². The van der Waals surface area contributed by atoms with E-state index < -0.39 is 0 Å². The highest BCUT2D eigenvalue weighted by molar-refractivity contribution is 5.92. The van der Waals surface area contributed by atoms with Gasteiger partial charge in [-0.3, -0.25) is 9.89 Å². The maximum atomic E-state index is 5.97. The largest absolute Gasteiger partial charge is 0.370 e. The molecular weight excluding hydrogens is 260 g/mol. The van der Waals surface area contributed by atoms with Gasteiger partial charge >= 0.3 is 0 Å². The Bertz CT molecular complexity index is 502. The molecule has 0 heterocycles. The van der Waals surface area contributed by atoms with E-state index in [9.17, 15) is 0 Å². The third-order valence-electron chi connectivity index (χ3n) is 4.10. The Kier molecular flexibility index (Phi) is 5.23. The molecule has 1 aromatic rings. The van der Waals surface area contributed by atoms with Gasteiger partial charge in [0.1, 0.15) is 0 Å². The van der Waals surface area contributed by atoms with Gasteiger partial charge in [0.2, 0.25) is 0 Å². The van der Waals surface area contributed by atoms with Crippen molar-refractivity contribution in [2.45, 2.75) is 52.6 Å². The molecule has 1 aliphatic rings. The fourth-order valence-corrected chi connectivity index (χ4v) is 2.56. The molecule has 4 heteroatoms. The number of hydrogen-bond acceptors (Lipinski definition) is 2. The van der Waals surface area contributed by atoms with Crippen molar-refractivity contribution in [3.63, 3.8) is 0 Å². The molecule has 0 saturated heterocycles. The number of aliphatic imine (C=N–C) groups is 1. The Balaban J connectivity index is 1.84. The van der Waals surface area contributed by atoms with Crippen molar-refractivity contribution in [1.82, 2.24) is 4.90 Å². The monoisotopic (exact) mass is 288 g/mol. The third kappa shape index (κ3) is 4.74. The number of benzene rings is 1. The average molecular weight is 288 g/mol. The first kappa shape index (κ1) is 15.8. The molecule has 1 aromatic carbocycles. The van der Waals surface area contributed by atoms with Gasteiger partial charge in [0.05, 0.1) is 6.54 Å². The van der Waals surface area contributed by atoms with E-state index in [0.29, 0.717) is 12.0 Å². The van der Waals surface area contributed by atoms with Gasteiger partial charge in [-0.1, -0.05) is 6.07 Å². The Morgan fingerprint density at radius 2 is 2.05 bits per heavy atom. The number of nitrogens with two attached hydrogens (primary N) is 1. The Labute approximate surface area is 128 Å². The molecule has 0 atom stereocenters. The van der Waals surface area contributed by atoms with Crippen LogP contribution in [0.1, 0.15) is 37.8 Å². The number of guanidine groups is 1. The summed E-state index contributed by atoms with van der Waals surface area (Å²) in [5, 5.41) is 3.17. The summed E-state index contributed by atoms with van der Waals surface area (Å²) >= 11 is 0. The lowest BCUT2D eigenvalue weighted by Gasteiger charge is -2.25. The normalized spacial score (nSPS) is 15.8. The van der Waals surface area contributed by atoms with Gasteiger partial charge in [-0.2, -0.15) is 0 Å². The van der Waals surface area contributed by atoms with Crippen LogP contribution in [0.25, 0.3) is 0 Å². The molecule has 0 amide bonds. The highest BCUT2D eigenvalue weighted by Gasteiger charge is 2.29. The van der Waals surface area contributed by atoms with E-state index in [1.807, 2.05) is 6.07 Å². The fraction of sp³-hybridized carbons (Fsp3) is 0.588. The van der Waals surface area contributed by atoms with Crippen LogP contribution in [0.4, 0.5) is 5.69 Å². The number of nitrogens with zero attached hydrogens (tertiary/aromatic N) is 2. The quantitative estimate of drug-likeness (QED) is 0.625. The minimum atomic E-state index is 0.498. The minimum absolute atomic E-state index is 0.498. The summed E-state index contributed by atoms with van der Waals surface area (Å²) in [7, 11) is 0. The Hall–Kier alpha value is -1.55. The molecule has 0 spiro atoms. The van der Waals surface area contributed by atoms with E-state index in [2.05, 4.69) is 55.0 Å². The molecule has 0 aliphatic heterocycles. The number of rotatable bonds is 6. The van der Waals surface area contributed by atoms with E-state index in [1.54, 1.807) is 0 Å². The van der Waals surface area contributed by atoms with Gasteiger partial charge < -0.3 is 11.1 Å². The van der Waals surface area contributed by atoms with Gasteiger partial charge in [0.25, 0.3) is 0 Å². The van der Waals surface area contributed by atoms with Crippen molar-refractivity contribution in [3.05, 3.63) is 29.3 Å². The van der Waals surface area contributed by atoms with Crippen LogP contribution < -0.4 is 11.1 Å². The summed E-state index contributed by atoms with van der Waals surface area (Å²) < 4.78 is 0. The maximum absolute atomic E-state index is 5.97. The molecule has 3 N–H and O–H groups in total. The van der Waals surface area contributed by atoms with Crippen LogP contribution in [0.5, 0.6) is 0 Å². The van der Waals surface area contributed by atoms with Crippen LogP contribution in [-0.2, 0) is 0 Å². The zero-order valence-corrected chi connectivity index (χ0v) is 13.7. The molecule has 0 unspecified atom stereocenters. The maximum Gasteiger partial charge on any atom is 0.193 e. The topological polar surface area (TPSA) is 53.6 Å². The summed E-state index contributed by atoms with van der Waals surface area (Å²) in [6, 6.07) is 7.59. The summed E-state index contributed by atoms with van der Waals surface area (Å²) in [6.45, 7) is 10.4. The molecule has 2 rings (SSSR count). The van der Waals surface area contributed by atoms with Crippen LogP contribution in [0.15, 0.2) is 23.2 Å². The van der Waals surface area contributed by atoms with Gasteiger partial charge in [-0.25, -0.2) is 0 Å². The summed E-state index contributed by atoms with van der Waals surface area (Å²) in [6.07, 6.45) is 2.66. The van der Waals surface area contributed by atoms with Crippen molar-refractivity contribution in [1.29, 1.82) is 0 Å². The second kappa shape index (κ2) is 6.94. The first-order chi connectivity index (χ1) is 9.97. The molecule has 1 fully saturated rings. The lowest BCUT2D eigenvalue weighted by Crippen LogP contribution is -2.35. The molecule has 0 bridgehead atoms. The van der Waals surface area contributed by atoms with E-state index in [0.717, 1.165) is 24.8 Å². The van der Waals surface area contributed by atoms with Crippen LogP contribution >= 0.6 is 0 Å². The average Bonchev–Trinajstić information content (AvgIpc) is 3.23. The Morgan fingerprint density at radius 3 is 2.62 bits per heavy atom. The van der Waals surface area contributed by atoms with Gasteiger partial charge in [-0.15, -0.1) is 0 Å². The molecule has 1 saturated carbocycles. The van der Waals surface area contributed by atoms with Crippen LogP contribution in [-0.4, -0.2) is 36.0 Å². The fourth-order valence-electron chi connectivity index (χ4n) is 2.56. The number of aryl methyl sites for hydroxylation is 2. The Morgan fingerprint density at radius 1 is 1.33 bits per heavy atom. The third-order valence-corrected chi connectivity index (χ3v) is 4.10. The van der Waals surface area contributed by atoms with E-state index in [4.69, 9.17) is 5.73 Å². The van der Waals surface area contributed by atoms with Crippen LogP contribution in [0.3, 0.4) is 0 Å². The second-order valence-corrected chi connectivity index (χ2v) is 6.25. The molecule has 0 radical (unpaired) electrons. The lowest BCUT2D eigenvalue weighted by molar-refractivity contribution is 0.218. The molecule has 116 valence electrons. The van der Waals surface area contributed by atoms with Crippen molar-refractivity contribution < 1.29 is 0 Å². The van der Waals surface area contributed by atoms with Gasteiger partial charge in [-0.05, 0) is 63.8 Å². The van der Waals surface area contributed by atoms with Crippen molar-refractivity contribution >= 4 is 11.6 Å². The lowest BCUT2D eigenvalue weighted by atomic mass is 10.1. The van der Waals surface area contributed by atoms with Crippen molar-refractivity contribution in [3.8, 4) is 0 Å². The minimum Gasteiger partial charge on any atom is -0.370 e. The van der Waals surface area contributed by atoms with Crippen LogP contribution in [0, 0.1) is 13.8 Å². The molecule has 4 nitrogen and oxygen atoms in total. The summed E-state index contributed by atoms with van der Waals surface area (Å²) in [5.41, 5.74) is 9.51. The standard InChI is InChI=1S/C17H28N4/c1-12(2)21(16-7-8-16)10-9-19-17(18)20-15-6-5-13(3)14(4)11-15/h5-6,11-12,16H,7-10H2,1-4H3,(H3,18,19,20). The smallest absolute Gasteiger partial charge is 0.193 e. The second-order valence-electron chi connectivity index (χ2n) is 6.25. The van der Waals surface area contributed by atoms with Crippen molar-refractivity contribution in [2.24, 2.45) is 10.7 Å². The molecule has 0 aromatic heterocycles. The predicted molar refractivity (Wildman–Crippen MR) is 90.9 cm³/mol. The first-order valence-corrected chi connectivity index (χ1v) is 7.87. The van der Waals surface area contributed by atoms with Crippen molar-refractivity contribution in [2.75, 3.05) is 18.4 Å². The zero-order valence-electron chi connectivity index (χ0n) is 13.7. The number of nitrogens with one attached hydrogen (secondary N) is 1. The number of anilines is 1. The van der Waals surface area contributed by atoms with Gasteiger partial charge in [0, 0.05) is 24.3 Å². The van der Waals surface area contributed by atoms with E-state index in [-0.39, 0.29) is 0 Å². The van der Waals surface area contributed by atoms with Crippen LogP contribution in [0.2, 0.25) is 0 Å². The zero-order chi connectivity index (χ0) is 15.4. The highest BCUT2D eigenvalue weighted by Crippen LogP contribution is 2.28.